The summed E-state index contributed by atoms with van der Waals surface area (Å²) in [5, 5.41) is 2.93. The van der Waals surface area contributed by atoms with Crippen LogP contribution in [-0.2, 0) is 11.2 Å². The van der Waals surface area contributed by atoms with E-state index in [4.69, 9.17) is 16.3 Å². The van der Waals surface area contributed by atoms with E-state index in [9.17, 15) is 4.79 Å². The lowest BCUT2D eigenvalue weighted by Crippen LogP contribution is -2.26. The highest BCUT2D eigenvalue weighted by atomic mass is 35.5. The predicted molar refractivity (Wildman–Crippen MR) is 78.9 cm³/mol. The van der Waals surface area contributed by atoms with Gasteiger partial charge < -0.3 is 10.1 Å². The molecule has 0 fully saturated rings. The number of ether oxygens (including phenoxy) is 1. The van der Waals surface area contributed by atoms with Crippen LogP contribution >= 0.6 is 11.6 Å². The van der Waals surface area contributed by atoms with Crippen LogP contribution in [-0.4, -0.2) is 25.4 Å². The Hall–Kier alpha value is -1.22. The van der Waals surface area contributed by atoms with Crippen molar-refractivity contribution in [1.29, 1.82) is 0 Å². The number of alkyl halides is 1. The van der Waals surface area contributed by atoms with E-state index in [1.54, 1.807) is 7.11 Å². The number of amides is 1. The van der Waals surface area contributed by atoms with Gasteiger partial charge in [-0.15, -0.1) is 11.6 Å². The Morgan fingerprint density at radius 2 is 1.84 bits per heavy atom. The lowest BCUT2D eigenvalue weighted by molar-refractivity contribution is -0.120. The molecule has 3 nitrogen and oxygen atoms in total. The molecule has 1 amide bonds. The Morgan fingerprint density at radius 3 is 2.47 bits per heavy atom. The Balaban J connectivity index is 2.16. The quantitative estimate of drug-likeness (QED) is 0.558. The van der Waals surface area contributed by atoms with Gasteiger partial charge in [-0.3, -0.25) is 4.79 Å². The minimum absolute atomic E-state index is 0.0718. The molecule has 1 N–H and O–H groups in total. The van der Waals surface area contributed by atoms with Gasteiger partial charge in [0.2, 0.25) is 5.91 Å². The van der Waals surface area contributed by atoms with Crippen molar-refractivity contribution in [2.75, 3.05) is 19.5 Å². The zero-order valence-electron chi connectivity index (χ0n) is 11.5. The number of hydrogen-bond donors (Lipinski definition) is 1. The van der Waals surface area contributed by atoms with Crippen molar-refractivity contribution < 1.29 is 9.53 Å². The summed E-state index contributed by atoms with van der Waals surface area (Å²) in [5.41, 5.74) is 1.00. The predicted octanol–water partition coefficient (Wildman–Crippen LogP) is 3.15. The van der Waals surface area contributed by atoms with Crippen LogP contribution in [0.2, 0.25) is 0 Å². The Labute approximate surface area is 120 Å². The number of carbonyl (C=O) groups is 1. The van der Waals surface area contributed by atoms with Crippen LogP contribution in [0.4, 0.5) is 0 Å². The molecule has 0 heterocycles. The van der Waals surface area contributed by atoms with Crippen LogP contribution in [0.1, 0.15) is 31.2 Å². The van der Waals surface area contributed by atoms with E-state index >= 15 is 0 Å². The third-order valence-electron chi connectivity index (χ3n) is 2.91. The van der Waals surface area contributed by atoms with Gasteiger partial charge >= 0.3 is 0 Å². The molecule has 0 aliphatic heterocycles. The van der Waals surface area contributed by atoms with E-state index in [0.29, 0.717) is 6.42 Å². The molecule has 19 heavy (non-hydrogen) atoms. The first kappa shape index (κ1) is 15.8. The molecule has 0 aliphatic carbocycles. The molecule has 1 aromatic rings. The van der Waals surface area contributed by atoms with Crippen LogP contribution in [0.15, 0.2) is 24.3 Å². The molecule has 0 bridgehead atoms. The number of unbranched alkanes of at least 4 members (excludes halogenated alkanes) is 3. The molecule has 0 aliphatic rings. The van der Waals surface area contributed by atoms with E-state index in [2.05, 4.69) is 5.32 Å². The van der Waals surface area contributed by atoms with Crippen LogP contribution < -0.4 is 10.1 Å². The molecule has 0 unspecified atom stereocenters. The SMILES string of the molecule is COc1ccc(CC(=O)NCCCCCCCl)cc1. The molecule has 1 rings (SSSR count). The number of benzene rings is 1. The van der Waals surface area contributed by atoms with Crippen molar-refractivity contribution >= 4 is 17.5 Å². The third kappa shape index (κ3) is 7.06. The summed E-state index contributed by atoms with van der Waals surface area (Å²) in [5.74, 6) is 1.61. The summed E-state index contributed by atoms with van der Waals surface area (Å²) in [6.07, 6.45) is 4.76. The molecule has 0 saturated carbocycles. The first-order valence-electron chi connectivity index (χ1n) is 6.72. The fourth-order valence-electron chi connectivity index (χ4n) is 1.79. The molecule has 0 saturated heterocycles. The second-order valence-corrected chi connectivity index (χ2v) is 4.86. The van der Waals surface area contributed by atoms with E-state index in [-0.39, 0.29) is 5.91 Å². The van der Waals surface area contributed by atoms with Gasteiger partial charge in [-0.25, -0.2) is 0 Å². The van der Waals surface area contributed by atoms with E-state index in [0.717, 1.165) is 49.4 Å². The molecule has 0 radical (unpaired) electrons. The number of carbonyl (C=O) groups excluding carboxylic acids is 1. The minimum atomic E-state index is 0.0718. The zero-order chi connectivity index (χ0) is 13.9. The normalized spacial score (nSPS) is 10.2. The van der Waals surface area contributed by atoms with Crippen LogP contribution in [0.5, 0.6) is 5.75 Å². The van der Waals surface area contributed by atoms with Gasteiger partial charge in [0, 0.05) is 12.4 Å². The van der Waals surface area contributed by atoms with Crippen molar-refractivity contribution in [3.8, 4) is 5.75 Å². The number of nitrogens with one attached hydrogen (secondary N) is 1. The highest BCUT2D eigenvalue weighted by Gasteiger charge is 2.02. The Bertz CT molecular complexity index is 365. The fraction of sp³-hybridized carbons (Fsp3) is 0.533. The summed E-state index contributed by atoms with van der Waals surface area (Å²) >= 11 is 5.60. The van der Waals surface area contributed by atoms with E-state index in [1.807, 2.05) is 24.3 Å². The number of hydrogen-bond acceptors (Lipinski definition) is 2. The van der Waals surface area contributed by atoms with Gasteiger partial charge in [0.25, 0.3) is 0 Å². The molecule has 4 heteroatoms. The second kappa shape index (κ2) is 9.68. The number of rotatable bonds is 9. The molecule has 0 aromatic heterocycles. The molecular formula is C15H22ClNO2. The average Bonchev–Trinajstić information content (AvgIpc) is 2.43. The van der Waals surface area contributed by atoms with E-state index in [1.165, 1.54) is 0 Å². The minimum Gasteiger partial charge on any atom is -0.497 e. The van der Waals surface area contributed by atoms with Crippen molar-refractivity contribution in [2.45, 2.75) is 32.1 Å². The summed E-state index contributed by atoms with van der Waals surface area (Å²) in [7, 11) is 1.63. The van der Waals surface area contributed by atoms with Gasteiger partial charge in [-0.2, -0.15) is 0 Å². The zero-order valence-corrected chi connectivity index (χ0v) is 12.2. The highest BCUT2D eigenvalue weighted by molar-refractivity contribution is 6.17. The average molecular weight is 284 g/mol. The van der Waals surface area contributed by atoms with Crippen LogP contribution in [0.3, 0.4) is 0 Å². The third-order valence-corrected chi connectivity index (χ3v) is 3.17. The van der Waals surface area contributed by atoms with E-state index < -0.39 is 0 Å². The van der Waals surface area contributed by atoms with Gasteiger partial charge in [0.15, 0.2) is 0 Å². The van der Waals surface area contributed by atoms with Gasteiger partial charge in [-0.05, 0) is 30.5 Å². The standard InChI is InChI=1S/C15H22ClNO2/c1-19-14-8-6-13(7-9-14)12-15(18)17-11-5-3-2-4-10-16/h6-9H,2-5,10-12H2,1H3,(H,17,18). The molecule has 106 valence electrons. The number of methoxy groups -OCH3 is 1. The fourth-order valence-corrected chi connectivity index (χ4v) is 1.98. The van der Waals surface area contributed by atoms with Gasteiger partial charge in [-0.1, -0.05) is 25.0 Å². The van der Waals surface area contributed by atoms with Crippen molar-refractivity contribution in [3.05, 3.63) is 29.8 Å². The Kier molecular flexibility index (Phi) is 8.07. The molecule has 0 spiro atoms. The number of halogens is 1. The topological polar surface area (TPSA) is 38.3 Å². The van der Waals surface area contributed by atoms with Crippen molar-refractivity contribution in [2.24, 2.45) is 0 Å². The lowest BCUT2D eigenvalue weighted by Gasteiger charge is -2.06. The Morgan fingerprint density at radius 1 is 1.16 bits per heavy atom. The summed E-state index contributed by atoms with van der Waals surface area (Å²) in [4.78, 5) is 11.7. The monoisotopic (exact) mass is 283 g/mol. The first-order valence-corrected chi connectivity index (χ1v) is 7.25. The van der Waals surface area contributed by atoms with Gasteiger partial charge in [0.1, 0.15) is 5.75 Å². The molecular weight excluding hydrogens is 262 g/mol. The summed E-state index contributed by atoms with van der Waals surface area (Å²) < 4.78 is 5.08. The summed E-state index contributed by atoms with van der Waals surface area (Å²) in [6, 6.07) is 7.57. The van der Waals surface area contributed by atoms with Crippen LogP contribution in [0, 0.1) is 0 Å². The largest absolute Gasteiger partial charge is 0.497 e. The second-order valence-electron chi connectivity index (χ2n) is 4.48. The maximum Gasteiger partial charge on any atom is 0.224 e. The summed E-state index contributed by atoms with van der Waals surface area (Å²) in [6.45, 7) is 0.747. The molecule has 0 atom stereocenters. The maximum atomic E-state index is 11.7. The highest BCUT2D eigenvalue weighted by Crippen LogP contribution is 2.11. The maximum absolute atomic E-state index is 11.7. The lowest BCUT2D eigenvalue weighted by atomic mass is 10.1. The molecule has 1 aromatic carbocycles. The van der Waals surface area contributed by atoms with Crippen molar-refractivity contribution in [3.63, 3.8) is 0 Å². The van der Waals surface area contributed by atoms with Crippen LogP contribution in [0.25, 0.3) is 0 Å². The first-order chi connectivity index (χ1) is 9.26. The smallest absolute Gasteiger partial charge is 0.224 e. The van der Waals surface area contributed by atoms with Crippen molar-refractivity contribution in [1.82, 2.24) is 5.32 Å². The van der Waals surface area contributed by atoms with Gasteiger partial charge in [0.05, 0.1) is 13.5 Å².